The average Bonchev–Trinajstić information content (AvgIpc) is 3.29. The van der Waals surface area contributed by atoms with E-state index in [1.165, 1.54) is 0 Å². The van der Waals surface area contributed by atoms with Crippen LogP contribution in [0.25, 0.3) is 0 Å². The number of hydrogen-bond donors (Lipinski definition) is 2. The van der Waals surface area contributed by atoms with Crippen molar-refractivity contribution in [2.45, 2.75) is 31.7 Å². The van der Waals surface area contributed by atoms with Crippen molar-refractivity contribution >= 4 is 18.0 Å². The smallest absolute Gasteiger partial charge is 0.411 e. The highest BCUT2D eigenvalue weighted by atomic mass is 16.6. The van der Waals surface area contributed by atoms with Crippen molar-refractivity contribution in [1.29, 1.82) is 0 Å². The molecule has 2 N–H and O–H groups in total. The van der Waals surface area contributed by atoms with Gasteiger partial charge in [-0.25, -0.2) is 14.4 Å². The molecule has 0 aromatic heterocycles. The van der Waals surface area contributed by atoms with Crippen molar-refractivity contribution < 1.29 is 29.0 Å². The minimum absolute atomic E-state index is 0.0261. The van der Waals surface area contributed by atoms with Gasteiger partial charge < -0.3 is 19.9 Å². The quantitative estimate of drug-likeness (QED) is 0.506. The van der Waals surface area contributed by atoms with Gasteiger partial charge in [0.05, 0.1) is 6.04 Å². The Morgan fingerprint density at radius 1 is 0.967 bits per heavy atom. The van der Waals surface area contributed by atoms with Gasteiger partial charge in [0.25, 0.3) is 0 Å². The van der Waals surface area contributed by atoms with Crippen LogP contribution in [0, 0.1) is 0 Å². The Morgan fingerprint density at radius 3 is 2.03 bits per heavy atom. The summed E-state index contributed by atoms with van der Waals surface area (Å²) in [6.07, 6.45) is -0.354. The van der Waals surface area contributed by atoms with Gasteiger partial charge in [0.15, 0.2) is 0 Å². The first-order valence-electron chi connectivity index (χ1n) is 9.69. The molecular weight excluding hydrogens is 388 g/mol. The molecule has 1 amide bonds. The molecule has 3 rings (SSSR count). The normalized spacial score (nSPS) is 16.5. The molecule has 1 unspecified atom stereocenters. The van der Waals surface area contributed by atoms with Crippen LogP contribution in [-0.2, 0) is 32.3 Å². The number of nitrogens with one attached hydrogen (secondary N) is 1. The minimum atomic E-state index is -1.79. The molecule has 0 radical (unpaired) electrons. The topological polar surface area (TPSA) is 105 Å². The molecule has 8 nitrogen and oxygen atoms in total. The molecule has 0 aliphatic carbocycles. The van der Waals surface area contributed by atoms with Gasteiger partial charge in [-0.1, -0.05) is 60.7 Å². The number of carbonyl (C=O) groups is 3. The van der Waals surface area contributed by atoms with Crippen LogP contribution < -0.4 is 5.32 Å². The lowest BCUT2D eigenvalue weighted by atomic mass is 10.1. The Hall–Kier alpha value is -3.39. The monoisotopic (exact) mass is 412 g/mol. The van der Waals surface area contributed by atoms with Gasteiger partial charge in [-0.15, -0.1) is 0 Å². The van der Waals surface area contributed by atoms with Crippen LogP contribution in [-0.4, -0.2) is 53.2 Å². The summed E-state index contributed by atoms with van der Waals surface area (Å²) >= 11 is 0. The van der Waals surface area contributed by atoms with E-state index in [9.17, 15) is 19.5 Å². The van der Waals surface area contributed by atoms with Gasteiger partial charge in [0.2, 0.25) is 6.04 Å². The largest absolute Gasteiger partial charge is 0.479 e. The fraction of sp³-hybridized carbons (Fsp3) is 0.318. The molecule has 0 saturated carbocycles. The first-order chi connectivity index (χ1) is 14.6. The van der Waals surface area contributed by atoms with Crippen molar-refractivity contribution in [3.63, 3.8) is 0 Å². The second-order valence-electron chi connectivity index (χ2n) is 6.93. The summed E-state index contributed by atoms with van der Waals surface area (Å²) < 4.78 is 10.6. The van der Waals surface area contributed by atoms with Crippen LogP contribution in [0.1, 0.15) is 17.5 Å². The zero-order valence-corrected chi connectivity index (χ0v) is 16.4. The van der Waals surface area contributed by atoms with E-state index < -0.39 is 30.1 Å². The van der Waals surface area contributed by atoms with Crippen molar-refractivity contribution in [2.75, 3.05) is 13.1 Å². The number of hydrogen-bond acceptors (Lipinski definition) is 6. The first kappa shape index (κ1) is 21.3. The van der Waals surface area contributed by atoms with Gasteiger partial charge >= 0.3 is 18.0 Å². The third kappa shape index (κ3) is 5.57. The van der Waals surface area contributed by atoms with Gasteiger partial charge in [-0.2, -0.15) is 0 Å². The van der Waals surface area contributed by atoms with E-state index in [-0.39, 0.29) is 13.2 Å². The molecule has 1 heterocycles. The highest BCUT2D eigenvalue weighted by Gasteiger charge is 2.43. The molecule has 1 aliphatic rings. The number of carboxylic acid groups (broad SMARTS) is 1. The minimum Gasteiger partial charge on any atom is -0.479 e. The van der Waals surface area contributed by atoms with Gasteiger partial charge in [-0.05, 0) is 24.1 Å². The van der Waals surface area contributed by atoms with E-state index in [0.717, 1.165) is 16.0 Å². The van der Waals surface area contributed by atoms with Crippen molar-refractivity contribution in [3.8, 4) is 0 Å². The highest BCUT2D eigenvalue weighted by Crippen LogP contribution is 2.18. The molecule has 1 saturated heterocycles. The zero-order valence-electron chi connectivity index (χ0n) is 16.4. The molecule has 2 aromatic rings. The van der Waals surface area contributed by atoms with E-state index in [1.54, 1.807) is 36.4 Å². The number of benzene rings is 2. The average molecular weight is 412 g/mol. The lowest BCUT2D eigenvalue weighted by molar-refractivity contribution is -0.162. The zero-order chi connectivity index (χ0) is 21.3. The van der Waals surface area contributed by atoms with Crippen molar-refractivity contribution in [1.82, 2.24) is 10.2 Å². The lowest BCUT2D eigenvalue weighted by Gasteiger charge is -2.31. The molecular formula is C22H24N2O6. The maximum atomic E-state index is 12.8. The third-order valence-corrected chi connectivity index (χ3v) is 4.80. The van der Waals surface area contributed by atoms with Gasteiger partial charge in [0, 0.05) is 6.54 Å². The van der Waals surface area contributed by atoms with Crippen LogP contribution in [0.3, 0.4) is 0 Å². The molecule has 2 atom stereocenters. The number of carboxylic acids is 1. The molecule has 0 spiro atoms. The SMILES string of the molecule is O=C(O)[C@H](C(=O)OCc1ccccc1)N(C(=O)OCc1ccccc1)C1CCNC1. The molecule has 30 heavy (non-hydrogen) atoms. The number of rotatable bonds is 8. The van der Waals surface area contributed by atoms with Crippen LogP contribution in [0.5, 0.6) is 0 Å². The predicted molar refractivity (Wildman–Crippen MR) is 107 cm³/mol. The van der Waals surface area contributed by atoms with Crippen molar-refractivity contribution in [2.24, 2.45) is 0 Å². The number of aliphatic carboxylic acids is 1. The highest BCUT2D eigenvalue weighted by molar-refractivity contribution is 6.01. The fourth-order valence-electron chi connectivity index (χ4n) is 3.28. The maximum absolute atomic E-state index is 12.8. The number of ether oxygens (including phenoxy) is 2. The molecule has 1 aliphatic heterocycles. The summed E-state index contributed by atoms with van der Waals surface area (Å²) in [4.78, 5) is 38.4. The predicted octanol–water partition coefficient (Wildman–Crippen LogP) is 2.18. The lowest BCUT2D eigenvalue weighted by Crippen LogP contribution is -2.55. The Morgan fingerprint density at radius 2 is 1.53 bits per heavy atom. The number of nitrogens with zero attached hydrogens (tertiary/aromatic N) is 1. The Balaban J connectivity index is 1.73. The van der Waals surface area contributed by atoms with E-state index in [2.05, 4.69) is 5.32 Å². The Labute approximate surface area is 174 Å². The van der Waals surface area contributed by atoms with E-state index in [4.69, 9.17) is 9.47 Å². The van der Waals surface area contributed by atoms with Crippen LogP contribution in [0.2, 0.25) is 0 Å². The van der Waals surface area contributed by atoms with Crippen molar-refractivity contribution in [3.05, 3.63) is 71.8 Å². The third-order valence-electron chi connectivity index (χ3n) is 4.80. The number of amides is 1. The molecule has 8 heteroatoms. The van der Waals surface area contributed by atoms with E-state index >= 15 is 0 Å². The molecule has 158 valence electrons. The second kappa shape index (κ2) is 10.4. The van der Waals surface area contributed by atoms with Gasteiger partial charge in [0.1, 0.15) is 13.2 Å². The molecule has 0 bridgehead atoms. The fourth-order valence-corrected chi connectivity index (χ4v) is 3.28. The Kier molecular flexibility index (Phi) is 7.40. The number of carbonyl (C=O) groups excluding carboxylic acids is 2. The van der Waals surface area contributed by atoms with Crippen LogP contribution in [0.15, 0.2) is 60.7 Å². The summed E-state index contributed by atoms with van der Waals surface area (Å²) in [5, 5.41) is 12.8. The van der Waals surface area contributed by atoms with Crippen LogP contribution >= 0.6 is 0 Å². The number of esters is 1. The first-order valence-corrected chi connectivity index (χ1v) is 9.69. The molecule has 1 fully saturated rings. The van der Waals surface area contributed by atoms with E-state index in [0.29, 0.717) is 19.5 Å². The summed E-state index contributed by atoms with van der Waals surface area (Å²) in [6.45, 7) is 0.871. The Bertz CT molecular complexity index is 852. The second-order valence-corrected chi connectivity index (χ2v) is 6.93. The van der Waals surface area contributed by atoms with E-state index in [1.807, 2.05) is 24.3 Å². The summed E-state index contributed by atoms with van der Waals surface area (Å²) in [7, 11) is 0. The summed E-state index contributed by atoms with van der Waals surface area (Å²) in [6, 6.07) is 15.7. The summed E-state index contributed by atoms with van der Waals surface area (Å²) in [5.41, 5.74) is 1.48. The summed E-state index contributed by atoms with van der Waals surface area (Å²) in [5.74, 6) is -2.47. The van der Waals surface area contributed by atoms with Crippen LogP contribution in [0.4, 0.5) is 4.79 Å². The molecule has 2 aromatic carbocycles. The maximum Gasteiger partial charge on any atom is 0.411 e. The van der Waals surface area contributed by atoms with Gasteiger partial charge in [-0.3, -0.25) is 4.90 Å². The standard InChI is InChI=1S/C22H24N2O6/c25-20(26)19(21(27)29-14-16-7-3-1-4-8-16)24(18-11-12-23-13-18)22(28)30-15-17-9-5-2-6-10-17/h1-10,18-19,23H,11-15H2,(H,25,26)/t18?,19-/m1/s1.